The van der Waals surface area contributed by atoms with Crippen molar-refractivity contribution >= 4 is 11.8 Å². The molecule has 0 saturated carbocycles. The summed E-state index contributed by atoms with van der Waals surface area (Å²) in [4.78, 5) is 27.9. The number of urea groups is 1. The van der Waals surface area contributed by atoms with Crippen molar-refractivity contribution < 1.29 is 9.18 Å². The lowest BCUT2D eigenvalue weighted by Gasteiger charge is -2.37. The number of hydrogen-bond acceptors (Lipinski definition) is 4. The van der Waals surface area contributed by atoms with Gasteiger partial charge in [-0.25, -0.2) is 19.2 Å². The van der Waals surface area contributed by atoms with Crippen LogP contribution in [0.15, 0.2) is 24.3 Å². The zero-order chi connectivity index (χ0) is 21.8. The Balaban J connectivity index is 1.94. The van der Waals surface area contributed by atoms with E-state index in [2.05, 4.69) is 25.7 Å². The van der Waals surface area contributed by atoms with Gasteiger partial charge in [0.05, 0.1) is 0 Å². The van der Waals surface area contributed by atoms with Crippen LogP contribution in [0.3, 0.4) is 0 Å². The van der Waals surface area contributed by atoms with Crippen LogP contribution in [0.25, 0.3) is 0 Å². The molecule has 162 valence electrons. The van der Waals surface area contributed by atoms with E-state index in [1.165, 1.54) is 12.1 Å². The summed E-state index contributed by atoms with van der Waals surface area (Å²) in [6, 6.07) is 6.68. The minimum Gasteiger partial charge on any atom is -0.353 e. The van der Waals surface area contributed by atoms with Gasteiger partial charge < -0.3 is 14.7 Å². The fourth-order valence-corrected chi connectivity index (χ4v) is 3.73. The quantitative estimate of drug-likeness (QED) is 0.750. The maximum atomic E-state index is 13.4. The van der Waals surface area contributed by atoms with E-state index >= 15 is 0 Å². The van der Waals surface area contributed by atoms with E-state index in [0.29, 0.717) is 19.5 Å². The first kappa shape index (κ1) is 22.0. The maximum absolute atomic E-state index is 13.4. The molecule has 7 heteroatoms. The summed E-state index contributed by atoms with van der Waals surface area (Å²) in [6.45, 7) is 9.10. The number of hydrogen-bond donors (Lipinski definition) is 0. The largest absolute Gasteiger partial charge is 0.353 e. The molecule has 1 aliphatic heterocycles. The fourth-order valence-electron chi connectivity index (χ4n) is 3.73. The molecule has 0 bridgehead atoms. The monoisotopic (exact) mass is 413 g/mol. The average Bonchev–Trinajstić information content (AvgIpc) is 2.74. The van der Waals surface area contributed by atoms with E-state index in [-0.39, 0.29) is 17.8 Å². The first-order valence-electron chi connectivity index (χ1n) is 10.7. The number of halogens is 1. The number of benzene rings is 1. The smallest absolute Gasteiger partial charge is 0.319 e. The van der Waals surface area contributed by atoms with E-state index in [0.717, 1.165) is 48.0 Å². The number of anilines is 1. The Labute approximate surface area is 178 Å². The van der Waals surface area contributed by atoms with Crippen molar-refractivity contribution in [2.24, 2.45) is 0 Å². The highest BCUT2D eigenvalue weighted by molar-refractivity contribution is 5.74. The molecule has 1 aliphatic rings. The van der Waals surface area contributed by atoms with Crippen molar-refractivity contribution in [1.29, 1.82) is 0 Å². The van der Waals surface area contributed by atoms with Crippen LogP contribution in [0, 0.1) is 5.82 Å². The number of rotatable bonds is 5. The van der Waals surface area contributed by atoms with Gasteiger partial charge >= 0.3 is 6.03 Å². The van der Waals surface area contributed by atoms with E-state index in [9.17, 15) is 9.18 Å². The highest BCUT2D eigenvalue weighted by atomic mass is 19.1. The van der Waals surface area contributed by atoms with Crippen LogP contribution >= 0.6 is 0 Å². The number of nitrogens with zero attached hydrogens (tertiary/aromatic N) is 5. The fraction of sp³-hybridized carbons (Fsp3) is 0.522. The Kier molecular flexibility index (Phi) is 6.90. The normalized spacial score (nSPS) is 14.4. The predicted molar refractivity (Wildman–Crippen MR) is 118 cm³/mol. The second-order valence-electron chi connectivity index (χ2n) is 8.29. The zero-order valence-electron chi connectivity index (χ0n) is 18.7. The molecule has 1 aromatic heterocycles. The molecule has 2 amide bonds. The molecule has 1 aromatic carbocycles. The van der Waals surface area contributed by atoms with E-state index in [1.54, 1.807) is 19.0 Å². The topological polar surface area (TPSA) is 52.6 Å². The van der Waals surface area contributed by atoms with Gasteiger partial charge in [0.1, 0.15) is 17.5 Å². The standard InChI is InChI=1S/C23H32FN5O/c1-6-20-19(15-17-7-9-18(24)10-8-17)22(26-21(25-20)16(2)3)28-11-13-29(14-12-28)23(30)27(4)5/h7-10,16H,6,11-15H2,1-5H3. The molecule has 0 atom stereocenters. The van der Waals surface area contributed by atoms with Gasteiger partial charge in [-0.3, -0.25) is 0 Å². The zero-order valence-corrected chi connectivity index (χ0v) is 18.7. The van der Waals surface area contributed by atoms with Gasteiger partial charge in [0.25, 0.3) is 0 Å². The number of piperazine rings is 1. The average molecular weight is 414 g/mol. The van der Waals surface area contributed by atoms with E-state index < -0.39 is 0 Å². The van der Waals surface area contributed by atoms with Crippen LogP contribution in [0.2, 0.25) is 0 Å². The summed E-state index contributed by atoms with van der Waals surface area (Å²) < 4.78 is 13.4. The molecule has 0 N–H and O–H groups in total. The van der Waals surface area contributed by atoms with Crippen LogP contribution in [0.4, 0.5) is 15.0 Å². The summed E-state index contributed by atoms with van der Waals surface area (Å²) in [5.41, 5.74) is 3.18. The minimum absolute atomic E-state index is 0.0426. The van der Waals surface area contributed by atoms with Gasteiger partial charge in [0.2, 0.25) is 0 Å². The number of aryl methyl sites for hydroxylation is 1. The van der Waals surface area contributed by atoms with Gasteiger partial charge in [-0.15, -0.1) is 0 Å². The Morgan fingerprint density at radius 3 is 2.27 bits per heavy atom. The van der Waals surface area contributed by atoms with Gasteiger partial charge in [-0.05, 0) is 24.1 Å². The van der Waals surface area contributed by atoms with E-state index in [4.69, 9.17) is 9.97 Å². The molecule has 6 nitrogen and oxygen atoms in total. The Morgan fingerprint density at radius 1 is 1.10 bits per heavy atom. The lowest BCUT2D eigenvalue weighted by Crippen LogP contribution is -2.52. The first-order chi connectivity index (χ1) is 14.3. The second-order valence-corrected chi connectivity index (χ2v) is 8.29. The molecule has 0 aliphatic carbocycles. The van der Waals surface area contributed by atoms with Crippen LogP contribution < -0.4 is 4.90 Å². The van der Waals surface area contributed by atoms with Gasteiger partial charge in [0.15, 0.2) is 0 Å². The Morgan fingerprint density at radius 2 is 1.73 bits per heavy atom. The lowest BCUT2D eigenvalue weighted by atomic mass is 10.0. The molecule has 2 heterocycles. The second kappa shape index (κ2) is 9.41. The molecule has 1 fully saturated rings. The Bertz CT molecular complexity index is 874. The third-order valence-electron chi connectivity index (χ3n) is 5.47. The van der Waals surface area contributed by atoms with E-state index in [1.807, 2.05) is 17.0 Å². The van der Waals surface area contributed by atoms with Crippen LogP contribution in [-0.4, -0.2) is 66.1 Å². The van der Waals surface area contributed by atoms with Crippen LogP contribution in [0.5, 0.6) is 0 Å². The lowest BCUT2D eigenvalue weighted by molar-refractivity contribution is 0.168. The highest BCUT2D eigenvalue weighted by Gasteiger charge is 2.26. The number of carbonyl (C=O) groups excluding carboxylic acids is 1. The summed E-state index contributed by atoms with van der Waals surface area (Å²) >= 11 is 0. The molecule has 3 rings (SSSR count). The summed E-state index contributed by atoms with van der Waals surface area (Å²) in [6.07, 6.45) is 1.47. The molecule has 0 unspecified atom stereocenters. The first-order valence-corrected chi connectivity index (χ1v) is 10.7. The highest BCUT2D eigenvalue weighted by Crippen LogP contribution is 2.28. The third kappa shape index (κ3) is 4.89. The Hall–Kier alpha value is -2.70. The van der Waals surface area contributed by atoms with Crippen molar-refractivity contribution in [2.45, 2.75) is 39.5 Å². The number of aromatic nitrogens is 2. The minimum atomic E-state index is -0.234. The van der Waals surface area contributed by atoms with Crippen LogP contribution in [-0.2, 0) is 12.8 Å². The van der Waals surface area contributed by atoms with Crippen molar-refractivity contribution in [3.8, 4) is 0 Å². The summed E-state index contributed by atoms with van der Waals surface area (Å²) in [5.74, 6) is 1.79. The SMILES string of the molecule is CCc1nc(C(C)C)nc(N2CCN(C(=O)N(C)C)CC2)c1Cc1ccc(F)cc1. The molecular formula is C23H32FN5O. The molecule has 0 radical (unpaired) electrons. The third-order valence-corrected chi connectivity index (χ3v) is 5.47. The van der Waals surface area contributed by atoms with Crippen molar-refractivity contribution in [3.05, 3.63) is 52.7 Å². The van der Waals surface area contributed by atoms with Crippen molar-refractivity contribution in [2.75, 3.05) is 45.2 Å². The van der Waals surface area contributed by atoms with Gasteiger partial charge in [0, 0.05) is 63.9 Å². The molecule has 0 spiro atoms. The van der Waals surface area contributed by atoms with Gasteiger partial charge in [-0.2, -0.15) is 0 Å². The predicted octanol–water partition coefficient (Wildman–Crippen LogP) is 3.70. The number of carbonyl (C=O) groups is 1. The molecular weight excluding hydrogens is 381 g/mol. The van der Waals surface area contributed by atoms with Crippen molar-refractivity contribution in [1.82, 2.24) is 19.8 Å². The molecule has 2 aromatic rings. The number of amides is 2. The van der Waals surface area contributed by atoms with Crippen molar-refractivity contribution in [3.63, 3.8) is 0 Å². The van der Waals surface area contributed by atoms with Gasteiger partial charge in [-0.1, -0.05) is 32.9 Å². The summed E-state index contributed by atoms with van der Waals surface area (Å²) in [5, 5.41) is 0. The van der Waals surface area contributed by atoms with Crippen LogP contribution in [0.1, 0.15) is 49.3 Å². The summed E-state index contributed by atoms with van der Waals surface area (Å²) in [7, 11) is 3.56. The molecule has 30 heavy (non-hydrogen) atoms. The molecule has 1 saturated heterocycles. The maximum Gasteiger partial charge on any atom is 0.319 e.